The van der Waals surface area contributed by atoms with Crippen LogP contribution in [0.15, 0.2) is 23.5 Å². The van der Waals surface area contributed by atoms with Gasteiger partial charge in [0.15, 0.2) is 11.8 Å². The summed E-state index contributed by atoms with van der Waals surface area (Å²) in [6.45, 7) is 6.04. The molecule has 2 N–H and O–H groups in total. The second-order valence-electron chi connectivity index (χ2n) is 4.96. The van der Waals surface area contributed by atoms with E-state index in [2.05, 4.69) is 38.1 Å². The number of nitrogens with one attached hydrogen (secondary N) is 2. The summed E-state index contributed by atoms with van der Waals surface area (Å²) in [5.74, 6) is 2.57. The number of aliphatic imine (C=N–C) groups is 1. The van der Waals surface area contributed by atoms with Crippen molar-refractivity contribution in [3.05, 3.63) is 35.7 Å². The van der Waals surface area contributed by atoms with Crippen LogP contribution >= 0.6 is 24.0 Å². The molecule has 0 saturated heterocycles. The Morgan fingerprint density at radius 1 is 1.27 bits per heavy atom. The molecule has 0 amide bonds. The van der Waals surface area contributed by atoms with Crippen LogP contribution in [0, 0.1) is 6.92 Å². The minimum atomic E-state index is 0. The molecular formula is C14H24IN7. The lowest BCUT2D eigenvalue weighted by Crippen LogP contribution is -2.37. The van der Waals surface area contributed by atoms with Crippen LogP contribution in [0.25, 0.3) is 0 Å². The molecule has 0 spiro atoms. The van der Waals surface area contributed by atoms with E-state index < -0.39 is 0 Å². The summed E-state index contributed by atoms with van der Waals surface area (Å²) in [5.41, 5.74) is 1.18. The summed E-state index contributed by atoms with van der Waals surface area (Å²) in [6, 6.07) is 2.07. The van der Waals surface area contributed by atoms with Crippen LogP contribution in [0.3, 0.4) is 0 Å². The molecule has 2 rings (SSSR count). The van der Waals surface area contributed by atoms with Crippen molar-refractivity contribution in [2.75, 3.05) is 6.54 Å². The molecule has 0 radical (unpaired) electrons. The van der Waals surface area contributed by atoms with Crippen molar-refractivity contribution in [1.29, 1.82) is 0 Å². The Morgan fingerprint density at radius 3 is 2.59 bits per heavy atom. The van der Waals surface area contributed by atoms with Crippen LogP contribution in [-0.2, 0) is 27.2 Å². The molecule has 0 aliphatic rings. The smallest absolute Gasteiger partial charge is 0.191 e. The first-order chi connectivity index (χ1) is 10.1. The van der Waals surface area contributed by atoms with E-state index in [0.29, 0.717) is 13.1 Å². The zero-order valence-corrected chi connectivity index (χ0v) is 15.8. The van der Waals surface area contributed by atoms with Crippen LogP contribution in [0.2, 0.25) is 0 Å². The van der Waals surface area contributed by atoms with Gasteiger partial charge in [0.2, 0.25) is 0 Å². The highest BCUT2D eigenvalue weighted by atomic mass is 127. The highest BCUT2D eigenvalue weighted by Crippen LogP contribution is 2.01. The van der Waals surface area contributed by atoms with Crippen LogP contribution < -0.4 is 10.6 Å². The minimum absolute atomic E-state index is 0. The first-order valence-corrected chi connectivity index (χ1v) is 7.08. The lowest BCUT2D eigenvalue weighted by Gasteiger charge is -2.10. The standard InChI is InChI=1S/C14H23N7.HI/c1-5-15-14(16-8-12-6-7-20(3)10-12)17-9-13-19-18-11(2)21(13)4;/h6-7,10H,5,8-9H2,1-4H3,(H2,15,16,17);1H. The molecule has 8 heteroatoms. The van der Waals surface area contributed by atoms with E-state index in [1.807, 2.05) is 43.3 Å². The number of rotatable bonds is 5. The van der Waals surface area contributed by atoms with Crippen molar-refractivity contribution in [1.82, 2.24) is 30.0 Å². The van der Waals surface area contributed by atoms with Gasteiger partial charge in [-0.2, -0.15) is 0 Å². The van der Waals surface area contributed by atoms with Gasteiger partial charge in [-0.3, -0.25) is 0 Å². The van der Waals surface area contributed by atoms with Crippen LogP contribution in [0.5, 0.6) is 0 Å². The fourth-order valence-electron chi connectivity index (χ4n) is 1.93. The van der Waals surface area contributed by atoms with E-state index >= 15 is 0 Å². The fourth-order valence-corrected chi connectivity index (χ4v) is 1.93. The molecular weight excluding hydrogens is 393 g/mol. The third-order valence-corrected chi connectivity index (χ3v) is 3.25. The summed E-state index contributed by atoms with van der Waals surface area (Å²) in [4.78, 5) is 4.57. The van der Waals surface area contributed by atoms with E-state index in [1.165, 1.54) is 5.56 Å². The summed E-state index contributed by atoms with van der Waals surface area (Å²) in [6.07, 6.45) is 4.09. The van der Waals surface area contributed by atoms with Crippen molar-refractivity contribution in [2.45, 2.75) is 26.9 Å². The Balaban J connectivity index is 0.00000242. The van der Waals surface area contributed by atoms with E-state index in [1.54, 1.807) is 0 Å². The summed E-state index contributed by atoms with van der Waals surface area (Å²) < 4.78 is 3.99. The van der Waals surface area contributed by atoms with Crippen molar-refractivity contribution in [2.24, 2.45) is 19.1 Å². The molecule has 2 aromatic rings. The third kappa shape index (κ3) is 5.00. The molecule has 0 aliphatic carbocycles. The lowest BCUT2D eigenvalue weighted by molar-refractivity contribution is 0.718. The normalized spacial score (nSPS) is 11.2. The molecule has 22 heavy (non-hydrogen) atoms. The van der Waals surface area contributed by atoms with E-state index in [9.17, 15) is 0 Å². The molecule has 0 saturated carbocycles. The number of nitrogens with zero attached hydrogens (tertiary/aromatic N) is 5. The zero-order chi connectivity index (χ0) is 15.2. The molecule has 0 unspecified atom stereocenters. The van der Waals surface area contributed by atoms with Crippen molar-refractivity contribution in [3.63, 3.8) is 0 Å². The van der Waals surface area contributed by atoms with Gasteiger partial charge in [0.05, 0.1) is 13.1 Å². The predicted molar refractivity (Wildman–Crippen MR) is 98.2 cm³/mol. The molecule has 0 aliphatic heterocycles. The van der Waals surface area contributed by atoms with Crippen LogP contribution in [0.4, 0.5) is 0 Å². The quantitative estimate of drug-likeness (QED) is 0.438. The van der Waals surface area contributed by atoms with Gasteiger partial charge in [0.25, 0.3) is 0 Å². The van der Waals surface area contributed by atoms with E-state index in [-0.39, 0.29) is 24.0 Å². The second kappa shape index (κ2) is 8.76. The van der Waals surface area contributed by atoms with E-state index in [0.717, 1.165) is 24.2 Å². The first kappa shape index (κ1) is 18.5. The summed E-state index contributed by atoms with van der Waals surface area (Å²) in [7, 11) is 3.97. The SMILES string of the molecule is CCNC(=NCc1ccn(C)c1)NCc1nnc(C)n1C.I. The molecule has 0 bridgehead atoms. The van der Waals surface area contributed by atoms with Crippen LogP contribution in [-0.4, -0.2) is 31.8 Å². The summed E-state index contributed by atoms with van der Waals surface area (Å²) >= 11 is 0. The highest BCUT2D eigenvalue weighted by molar-refractivity contribution is 14.0. The monoisotopic (exact) mass is 417 g/mol. The molecule has 2 aromatic heterocycles. The van der Waals surface area contributed by atoms with Gasteiger partial charge < -0.3 is 19.8 Å². The predicted octanol–water partition coefficient (Wildman–Crippen LogP) is 1.34. The lowest BCUT2D eigenvalue weighted by atomic mass is 10.3. The Labute approximate surface area is 148 Å². The number of aromatic nitrogens is 4. The Kier molecular flexibility index (Phi) is 7.36. The third-order valence-electron chi connectivity index (χ3n) is 3.25. The average molecular weight is 417 g/mol. The van der Waals surface area contributed by atoms with Crippen molar-refractivity contribution < 1.29 is 0 Å². The van der Waals surface area contributed by atoms with E-state index in [4.69, 9.17) is 0 Å². The molecule has 0 aromatic carbocycles. The molecule has 2 heterocycles. The summed E-state index contributed by atoms with van der Waals surface area (Å²) in [5, 5.41) is 14.7. The Hall–Kier alpha value is -1.58. The zero-order valence-electron chi connectivity index (χ0n) is 13.5. The minimum Gasteiger partial charge on any atom is -0.357 e. The maximum atomic E-state index is 4.57. The second-order valence-corrected chi connectivity index (χ2v) is 4.96. The number of hydrogen-bond donors (Lipinski definition) is 2. The molecule has 0 fully saturated rings. The van der Waals surface area contributed by atoms with Gasteiger partial charge in [0, 0.05) is 33.0 Å². The first-order valence-electron chi connectivity index (χ1n) is 7.08. The number of hydrogen-bond acceptors (Lipinski definition) is 3. The van der Waals surface area contributed by atoms with Gasteiger partial charge >= 0.3 is 0 Å². The maximum Gasteiger partial charge on any atom is 0.191 e. The van der Waals surface area contributed by atoms with Crippen LogP contribution in [0.1, 0.15) is 24.1 Å². The van der Waals surface area contributed by atoms with Gasteiger partial charge in [-0.15, -0.1) is 34.2 Å². The maximum absolute atomic E-state index is 4.57. The number of aryl methyl sites for hydroxylation is 2. The van der Waals surface area contributed by atoms with Crippen molar-refractivity contribution >= 4 is 29.9 Å². The average Bonchev–Trinajstić information content (AvgIpc) is 3.01. The fraction of sp³-hybridized carbons (Fsp3) is 0.500. The molecule has 0 atom stereocenters. The molecule has 122 valence electrons. The Morgan fingerprint density at radius 2 is 2.05 bits per heavy atom. The highest BCUT2D eigenvalue weighted by Gasteiger charge is 2.05. The number of guanidine groups is 1. The van der Waals surface area contributed by atoms with Gasteiger partial charge in [-0.05, 0) is 25.5 Å². The van der Waals surface area contributed by atoms with Crippen molar-refractivity contribution in [3.8, 4) is 0 Å². The number of halogens is 1. The largest absolute Gasteiger partial charge is 0.357 e. The van der Waals surface area contributed by atoms with Gasteiger partial charge in [-0.25, -0.2) is 4.99 Å². The topological polar surface area (TPSA) is 72.1 Å². The van der Waals surface area contributed by atoms with Gasteiger partial charge in [-0.1, -0.05) is 0 Å². The van der Waals surface area contributed by atoms with Gasteiger partial charge in [0.1, 0.15) is 5.82 Å². The Bertz CT molecular complexity index is 614. The molecule has 7 nitrogen and oxygen atoms in total.